The van der Waals surface area contributed by atoms with Crippen molar-refractivity contribution in [2.75, 3.05) is 0 Å². The van der Waals surface area contributed by atoms with Gasteiger partial charge in [-0.25, -0.2) is 0 Å². The normalized spacial score (nSPS) is 22.3. The molecule has 3 nitrogen and oxygen atoms in total. The first kappa shape index (κ1) is 8.97. The molecule has 0 N–H and O–H groups in total. The Morgan fingerprint density at radius 2 is 2.42 bits per heavy atom. The lowest BCUT2D eigenvalue weighted by Gasteiger charge is -2.05. The average molecular weight is 168 g/mol. The number of Topliss-reactive ketones (excluding diaryl/α,β-unsaturated/α-hetero) is 1. The van der Waals surface area contributed by atoms with Gasteiger partial charge in [-0.15, -0.1) is 0 Å². The molecule has 0 unspecified atom stereocenters. The van der Waals surface area contributed by atoms with E-state index < -0.39 is 0 Å². The second-order valence-corrected chi connectivity index (χ2v) is 2.82. The Morgan fingerprint density at radius 3 is 2.83 bits per heavy atom. The van der Waals surface area contributed by atoms with Crippen LogP contribution >= 0.6 is 0 Å². The number of ketones is 1. The van der Waals surface area contributed by atoms with Crippen LogP contribution in [0.25, 0.3) is 0 Å². The number of allylic oxidation sites excluding steroid dienone is 1. The number of rotatable bonds is 2. The minimum Gasteiger partial charge on any atom is -0.458 e. The second kappa shape index (κ2) is 3.52. The van der Waals surface area contributed by atoms with Crippen molar-refractivity contribution < 1.29 is 14.3 Å². The van der Waals surface area contributed by atoms with Crippen LogP contribution in [-0.2, 0) is 14.3 Å². The van der Waals surface area contributed by atoms with Gasteiger partial charge in [-0.3, -0.25) is 9.59 Å². The predicted molar refractivity (Wildman–Crippen MR) is 43.6 cm³/mol. The van der Waals surface area contributed by atoms with Crippen molar-refractivity contribution in [1.29, 1.82) is 0 Å². The van der Waals surface area contributed by atoms with Crippen LogP contribution in [0.3, 0.4) is 0 Å². The van der Waals surface area contributed by atoms with Crippen LogP contribution in [0.4, 0.5) is 0 Å². The van der Waals surface area contributed by atoms with E-state index >= 15 is 0 Å². The van der Waals surface area contributed by atoms with Crippen LogP contribution in [0, 0.1) is 0 Å². The van der Waals surface area contributed by atoms with Gasteiger partial charge >= 0.3 is 5.97 Å². The fourth-order valence-corrected chi connectivity index (χ4v) is 1.29. The summed E-state index contributed by atoms with van der Waals surface area (Å²) >= 11 is 0. The van der Waals surface area contributed by atoms with Gasteiger partial charge in [-0.1, -0.05) is 6.92 Å². The maximum Gasteiger partial charge on any atom is 0.303 e. The zero-order chi connectivity index (χ0) is 9.14. The highest BCUT2D eigenvalue weighted by Crippen LogP contribution is 2.19. The van der Waals surface area contributed by atoms with Crippen LogP contribution in [0.5, 0.6) is 0 Å². The first-order chi connectivity index (χ1) is 5.63. The van der Waals surface area contributed by atoms with E-state index in [1.807, 2.05) is 6.92 Å². The zero-order valence-corrected chi connectivity index (χ0v) is 7.29. The Kier molecular flexibility index (Phi) is 2.63. The first-order valence-corrected chi connectivity index (χ1v) is 4.04. The Hall–Kier alpha value is -1.12. The predicted octanol–water partition coefficient (Wildman–Crippen LogP) is 1.23. The highest BCUT2D eigenvalue weighted by molar-refractivity contribution is 5.98. The SMILES string of the molecule is CCC1=C[C@H](OC(C)=O)CC1=O. The first-order valence-electron chi connectivity index (χ1n) is 4.04. The molecular weight excluding hydrogens is 156 g/mol. The monoisotopic (exact) mass is 168 g/mol. The van der Waals surface area contributed by atoms with E-state index in [1.54, 1.807) is 6.08 Å². The highest BCUT2D eigenvalue weighted by atomic mass is 16.5. The summed E-state index contributed by atoms with van der Waals surface area (Å²) in [7, 11) is 0. The molecule has 0 fully saturated rings. The minimum atomic E-state index is -0.332. The van der Waals surface area contributed by atoms with E-state index in [9.17, 15) is 9.59 Å². The molecule has 66 valence electrons. The molecule has 1 atom stereocenters. The molecule has 0 spiro atoms. The minimum absolute atomic E-state index is 0.101. The molecular formula is C9H12O3. The molecule has 0 bridgehead atoms. The summed E-state index contributed by atoms with van der Waals surface area (Å²) in [4.78, 5) is 21.7. The van der Waals surface area contributed by atoms with Crippen LogP contribution in [-0.4, -0.2) is 17.9 Å². The van der Waals surface area contributed by atoms with Crippen molar-refractivity contribution >= 4 is 11.8 Å². The topological polar surface area (TPSA) is 43.4 Å². The summed E-state index contributed by atoms with van der Waals surface area (Å²) in [6, 6.07) is 0. The van der Waals surface area contributed by atoms with Gasteiger partial charge in [0.2, 0.25) is 0 Å². The van der Waals surface area contributed by atoms with E-state index in [4.69, 9.17) is 4.74 Å². The number of hydrogen-bond donors (Lipinski definition) is 0. The number of carbonyl (C=O) groups is 2. The molecule has 1 aliphatic rings. The maximum atomic E-state index is 11.1. The zero-order valence-electron chi connectivity index (χ0n) is 7.29. The van der Waals surface area contributed by atoms with Crippen molar-refractivity contribution in [3.63, 3.8) is 0 Å². The van der Waals surface area contributed by atoms with Crippen LogP contribution < -0.4 is 0 Å². The third-order valence-corrected chi connectivity index (χ3v) is 1.83. The van der Waals surface area contributed by atoms with Gasteiger partial charge in [-0.2, -0.15) is 0 Å². The van der Waals surface area contributed by atoms with E-state index in [0.29, 0.717) is 6.42 Å². The summed E-state index contributed by atoms with van der Waals surface area (Å²) in [5, 5.41) is 0. The maximum absolute atomic E-state index is 11.1. The van der Waals surface area contributed by atoms with E-state index in [2.05, 4.69) is 0 Å². The Labute approximate surface area is 71.4 Å². The van der Waals surface area contributed by atoms with Gasteiger partial charge in [0.25, 0.3) is 0 Å². The standard InChI is InChI=1S/C9H12O3/c1-3-7-4-8(5-9(7)11)12-6(2)10/h4,8H,3,5H2,1-2H3/t8-/m0/s1. The summed E-state index contributed by atoms with van der Waals surface area (Å²) in [6.07, 6.45) is 2.47. The Bertz CT molecular complexity index is 240. The molecule has 3 heteroatoms. The van der Waals surface area contributed by atoms with Crippen molar-refractivity contribution in [2.45, 2.75) is 32.8 Å². The number of hydrogen-bond acceptors (Lipinski definition) is 3. The molecule has 1 rings (SSSR count). The molecule has 0 amide bonds. The number of ether oxygens (including phenoxy) is 1. The lowest BCUT2D eigenvalue weighted by atomic mass is 10.2. The van der Waals surface area contributed by atoms with Crippen molar-refractivity contribution in [1.82, 2.24) is 0 Å². The summed E-state index contributed by atoms with van der Waals surface area (Å²) in [6.45, 7) is 3.27. The quantitative estimate of drug-likeness (QED) is 0.582. The van der Waals surface area contributed by atoms with Gasteiger partial charge < -0.3 is 4.74 Å². The van der Waals surface area contributed by atoms with Gasteiger partial charge in [0.05, 0.1) is 6.42 Å². The summed E-state index contributed by atoms with van der Waals surface area (Å²) in [5.74, 6) is -0.231. The van der Waals surface area contributed by atoms with E-state index in [1.165, 1.54) is 6.92 Å². The third-order valence-electron chi connectivity index (χ3n) is 1.83. The molecule has 0 aromatic rings. The van der Waals surface area contributed by atoms with Crippen molar-refractivity contribution in [3.8, 4) is 0 Å². The van der Waals surface area contributed by atoms with Gasteiger partial charge in [-0.05, 0) is 18.1 Å². The number of carbonyl (C=O) groups excluding carboxylic acids is 2. The number of esters is 1. The third kappa shape index (κ3) is 1.94. The molecule has 0 radical (unpaired) electrons. The lowest BCUT2D eigenvalue weighted by molar-refractivity contribution is -0.144. The van der Waals surface area contributed by atoms with Crippen LogP contribution in [0.2, 0.25) is 0 Å². The van der Waals surface area contributed by atoms with Gasteiger partial charge in [0.1, 0.15) is 6.10 Å². The van der Waals surface area contributed by atoms with Gasteiger partial charge in [0, 0.05) is 6.92 Å². The molecule has 0 aromatic carbocycles. The fourth-order valence-electron chi connectivity index (χ4n) is 1.29. The molecule has 12 heavy (non-hydrogen) atoms. The Morgan fingerprint density at radius 1 is 1.75 bits per heavy atom. The fraction of sp³-hybridized carbons (Fsp3) is 0.556. The van der Waals surface area contributed by atoms with Crippen LogP contribution in [0.1, 0.15) is 26.7 Å². The molecule has 0 aromatic heterocycles. The largest absolute Gasteiger partial charge is 0.458 e. The second-order valence-electron chi connectivity index (χ2n) is 2.82. The smallest absolute Gasteiger partial charge is 0.303 e. The summed E-state index contributed by atoms with van der Waals surface area (Å²) < 4.78 is 4.88. The molecule has 0 saturated heterocycles. The molecule has 0 heterocycles. The van der Waals surface area contributed by atoms with Crippen molar-refractivity contribution in [2.24, 2.45) is 0 Å². The molecule has 0 saturated carbocycles. The average Bonchev–Trinajstić information content (AvgIpc) is 2.29. The Balaban J connectivity index is 2.58. The van der Waals surface area contributed by atoms with Gasteiger partial charge in [0.15, 0.2) is 5.78 Å². The van der Waals surface area contributed by atoms with E-state index in [-0.39, 0.29) is 17.9 Å². The molecule has 0 aliphatic heterocycles. The highest BCUT2D eigenvalue weighted by Gasteiger charge is 2.24. The summed E-state index contributed by atoms with van der Waals surface area (Å²) in [5.41, 5.74) is 0.779. The lowest BCUT2D eigenvalue weighted by Crippen LogP contribution is -2.12. The molecule has 1 aliphatic carbocycles. The van der Waals surface area contributed by atoms with Crippen LogP contribution in [0.15, 0.2) is 11.6 Å². The van der Waals surface area contributed by atoms with Crippen molar-refractivity contribution in [3.05, 3.63) is 11.6 Å². The van der Waals surface area contributed by atoms with E-state index in [0.717, 1.165) is 12.0 Å².